The van der Waals surface area contributed by atoms with Gasteiger partial charge >= 0.3 is 5.69 Å². The third-order valence-corrected chi connectivity index (χ3v) is 3.79. The largest absolute Gasteiger partial charge is 0.350 e. The van der Waals surface area contributed by atoms with Gasteiger partial charge in [-0.05, 0) is 12.2 Å². The van der Waals surface area contributed by atoms with Crippen LogP contribution in [0.2, 0.25) is 5.15 Å². The molecule has 0 saturated carbocycles. The van der Waals surface area contributed by atoms with Crippen LogP contribution in [-0.4, -0.2) is 39.5 Å². The normalized spacial score (nSPS) is 16.6. The molecule has 17 heavy (non-hydrogen) atoms. The van der Waals surface area contributed by atoms with Crippen molar-refractivity contribution in [1.29, 1.82) is 0 Å². The van der Waals surface area contributed by atoms with Crippen molar-refractivity contribution in [3.05, 3.63) is 21.6 Å². The van der Waals surface area contributed by atoms with Crippen LogP contribution in [0.1, 0.15) is 6.42 Å². The second-order valence-corrected chi connectivity index (χ2v) is 5.13. The molecule has 0 unspecified atom stereocenters. The Morgan fingerprint density at radius 2 is 2.24 bits per heavy atom. The van der Waals surface area contributed by atoms with Gasteiger partial charge in [0.25, 0.3) is 0 Å². The summed E-state index contributed by atoms with van der Waals surface area (Å²) in [5, 5.41) is 10.9. The third-order valence-electron chi connectivity index (χ3n) is 2.46. The predicted octanol–water partition coefficient (Wildman–Crippen LogP) is 1.98. The van der Waals surface area contributed by atoms with E-state index in [0.717, 1.165) is 31.0 Å². The Hall–Kier alpha value is -1.08. The van der Waals surface area contributed by atoms with Crippen molar-refractivity contribution < 1.29 is 4.92 Å². The van der Waals surface area contributed by atoms with Crippen LogP contribution in [0.5, 0.6) is 0 Å². The summed E-state index contributed by atoms with van der Waals surface area (Å²) in [5.41, 5.74) is -0.193. The summed E-state index contributed by atoms with van der Waals surface area (Å²) < 4.78 is 0. The first-order chi connectivity index (χ1) is 8.20. The average Bonchev–Trinajstić information content (AvgIpc) is 2.56. The first kappa shape index (κ1) is 12.4. The molecular formula is C9H11ClN4O2S. The molecule has 1 saturated heterocycles. The Kier molecular flexibility index (Phi) is 4.01. The molecular weight excluding hydrogens is 264 g/mol. The van der Waals surface area contributed by atoms with Crippen LogP contribution in [-0.2, 0) is 0 Å². The maximum absolute atomic E-state index is 11.0. The van der Waals surface area contributed by atoms with Crippen molar-refractivity contribution in [2.24, 2.45) is 0 Å². The van der Waals surface area contributed by atoms with Gasteiger partial charge in [-0.2, -0.15) is 11.8 Å². The highest BCUT2D eigenvalue weighted by molar-refractivity contribution is 7.99. The number of rotatable bonds is 2. The minimum Gasteiger partial charge on any atom is -0.350 e. The second kappa shape index (κ2) is 5.50. The molecule has 0 atom stereocenters. The lowest BCUT2D eigenvalue weighted by atomic mass is 10.3. The van der Waals surface area contributed by atoms with Gasteiger partial charge in [0.1, 0.15) is 6.33 Å². The summed E-state index contributed by atoms with van der Waals surface area (Å²) in [6.45, 7) is 1.51. The fourth-order valence-corrected chi connectivity index (χ4v) is 2.78. The van der Waals surface area contributed by atoms with Crippen molar-refractivity contribution in [3.8, 4) is 0 Å². The maximum atomic E-state index is 11.0. The zero-order chi connectivity index (χ0) is 12.3. The minimum absolute atomic E-state index is 0.100. The van der Waals surface area contributed by atoms with Gasteiger partial charge in [-0.1, -0.05) is 11.6 Å². The molecule has 92 valence electrons. The molecule has 2 rings (SSSR count). The van der Waals surface area contributed by atoms with Gasteiger partial charge in [0.05, 0.1) is 4.92 Å². The fraction of sp³-hybridized carbons (Fsp3) is 0.556. The molecule has 0 spiro atoms. The molecule has 1 aliphatic heterocycles. The molecule has 8 heteroatoms. The van der Waals surface area contributed by atoms with Crippen LogP contribution in [0.15, 0.2) is 6.33 Å². The number of hydrogen-bond acceptors (Lipinski definition) is 6. The van der Waals surface area contributed by atoms with Gasteiger partial charge in [-0.15, -0.1) is 0 Å². The van der Waals surface area contributed by atoms with Gasteiger partial charge in [-0.25, -0.2) is 9.97 Å². The Labute approximate surface area is 108 Å². The molecule has 2 heterocycles. The Balaban J connectivity index is 2.36. The number of nitrogens with zero attached hydrogens (tertiary/aromatic N) is 4. The molecule has 1 aromatic rings. The van der Waals surface area contributed by atoms with Gasteiger partial charge in [0.15, 0.2) is 0 Å². The molecule has 0 aliphatic carbocycles. The topological polar surface area (TPSA) is 72.2 Å². The van der Waals surface area contributed by atoms with Crippen molar-refractivity contribution >= 4 is 34.9 Å². The molecule has 0 radical (unpaired) electrons. The van der Waals surface area contributed by atoms with Crippen LogP contribution in [0.3, 0.4) is 0 Å². The van der Waals surface area contributed by atoms with Gasteiger partial charge in [0, 0.05) is 18.8 Å². The lowest BCUT2D eigenvalue weighted by Crippen LogP contribution is -2.27. The van der Waals surface area contributed by atoms with E-state index in [-0.39, 0.29) is 10.8 Å². The van der Waals surface area contributed by atoms with E-state index >= 15 is 0 Å². The fourth-order valence-electron chi connectivity index (χ4n) is 1.70. The predicted molar refractivity (Wildman–Crippen MR) is 67.9 cm³/mol. The summed E-state index contributed by atoms with van der Waals surface area (Å²) in [6, 6.07) is 0. The molecule has 1 aliphatic rings. The van der Waals surface area contributed by atoms with Crippen LogP contribution in [0, 0.1) is 10.1 Å². The smallest absolute Gasteiger partial charge is 0.348 e. The van der Waals surface area contributed by atoms with Crippen molar-refractivity contribution in [2.75, 3.05) is 29.5 Å². The summed E-state index contributed by atoms with van der Waals surface area (Å²) >= 11 is 7.60. The van der Waals surface area contributed by atoms with E-state index in [2.05, 4.69) is 9.97 Å². The van der Waals surface area contributed by atoms with Crippen LogP contribution >= 0.6 is 23.4 Å². The lowest BCUT2D eigenvalue weighted by molar-refractivity contribution is -0.384. The second-order valence-electron chi connectivity index (χ2n) is 3.55. The third kappa shape index (κ3) is 2.78. The molecule has 0 amide bonds. The molecule has 6 nitrogen and oxygen atoms in total. The first-order valence-corrected chi connectivity index (χ1v) is 6.71. The molecule has 0 aromatic carbocycles. The van der Waals surface area contributed by atoms with E-state index in [1.165, 1.54) is 6.33 Å². The van der Waals surface area contributed by atoms with Crippen molar-refractivity contribution in [3.63, 3.8) is 0 Å². The number of hydrogen-bond donors (Lipinski definition) is 0. The molecule has 1 aromatic heterocycles. The van der Waals surface area contributed by atoms with E-state index in [1.807, 2.05) is 16.7 Å². The quantitative estimate of drug-likeness (QED) is 0.466. The first-order valence-electron chi connectivity index (χ1n) is 5.17. The number of halogens is 1. The minimum atomic E-state index is -0.518. The van der Waals surface area contributed by atoms with Gasteiger partial charge in [-0.3, -0.25) is 10.1 Å². The van der Waals surface area contributed by atoms with Crippen LogP contribution < -0.4 is 4.90 Å². The zero-order valence-electron chi connectivity index (χ0n) is 9.00. The molecule has 0 N–H and O–H groups in total. The van der Waals surface area contributed by atoms with E-state index in [9.17, 15) is 10.1 Å². The number of thioether (sulfide) groups is 1. The number of nitro groups is 1. The highest BCUT2D eigenvalue weighted by Gasteiger charge is 2.26. The molecule has 1 fully saturated rings. The van der Waals surface area contributed by atoms with Gasteiger partial charge in [0.2, 0.25) is 11.0 Å². The highest BCUT2D eigenvalue weighted by Crippen LogP contribution is 2.32. The van der Waals surface area contributed by atoms with Gasteiger partial charge < -0.3 is 4.90 Å². The Bertz CT molecular complexity index is 423. The molecule has 0 bridgehead atoms. The standard InChI is InChI=1S/C9H11ClN4O2S/c10-8-7(14(15)16)9(12-6-11-8)13-2-1-4-17-5-3-13/h6H,1-5H2. The van der Waals surface area contributed by atoms with Crippen molar-refractivity contribution in [1.82, 2.24) is 9.97 Å². The maximum Gasteiger partial charge on any atom is 0.348 e. The van der Waals surface area contributed by atoms with E-state index < -0.39 is 4.92 Å². The Morgan fingerprint density at radius 3 is 3.00 bits per heavy atom. The lowest BCUT2D eigenvalue weighted by Gasteiger charge is -2.20. The Morgan fingerprint density at radius 1 is 1.41 bits per heavy atom. The SMILES string of the molecule is O=[N+]([O-])c1c(Cl)ncnc1N1CCCSCC1. The summed E-state index contributed by atoms with van der Waals surface area (Å²) in [4.78, 5) is 20.0. The summed E-state index contributed by atoms with van der Waals surface area (Å²) in [6.07, 6.45) is 2.26. The zero-order valence-corrected chi connectivity index (χ0v) is 10.6. The van der Waals surface area contributed by atoms with Crippen LogP contribution in [0.25, 0.3) is 0 Å². The van der Waals surface area contributed by atoms with E-state index in [0.29, 0.717) is 5.82 Å². The van der Waals surface area contributed by atoms with E-state index in [1.54, 1.807) is 0 Å². The number of aromatic nitrogens is 2. The number of anilines is 1. The average molecular weight is 275 g/mol. The highest BCUT2D eigenvalue weighted by atomic mass is 35.5. The van der Waals surface area contributed by atoms with Crippen molar-refractivity contribution in [2.45, 2.75) is 6.42 Å². The van der Waals surface area contributed by atoms with E-state index in [4.69, 9.17) is 11.6 Å². The monoisotopic (exact) mass is 274 g/mol. The summed E-state index contributed by atoms with van der Waals surface area (Å²) in [7, 11) is 0. The van der Waals surface area contributed by atoms with Crippen LogP contribution in [0.4, 0.5) is 11.5 Å². The summed E-state index contributed by atoms with van der Waals surface area (Å²) in [5.74, 6) is 2.35.